The van der Waals surface area contributed by atoms with E-state index in [4.69, 9.17) is 5.73 Å². The number of rotatable bonds is 6. The fraction of sp³-hybridized carbons (Fsp3) is 0.200. The van der Waals surface area contributed by atoms with Crippen LogP contribution in [0.1, 0.15) is 24.0 Å². The van der Waals surface area contributed by atoms with E-state index < -0.39 is 0 Å². The molecule has 2 heteroatoms. The molecular formula is C25H28N2. The van der Waals surface area contributed by atoms with E-state index in [2.05, 4.69) is 80.9 Å². The van der Waals surface area contributed by atoms with Crippen molar-refractivity contribution in [3.8, 4) is 0 Å². The van der Waals surface area contributed by atoms with Gasteiger partial charge in [-0.2, -0.15) is 0 Å². The molecule has 138 valence electrons. The molecule has 0 aliphatic carbocycles. The highest BCUT2D eigenvalue weighted by atomic mass is 15.1. The maximum Gasteiger partial charge on any atom is 0.0490 e. The van der Waals surface area contributed by atoms with Crippen LogP contribution in [0.3, 0.4) is 0 Å². The van der Waals surface area contributed by atoms with E-state index in [9.17, 15) is 0 Å². The highest BCUT2D eigenvalue weighted by Gasteiger charge is 2.14. The Balaban J connectivity index is 2.17. The van der Waals surface area contributed by atoms with Crippen molar-refractivity contribution >= 4 is 35.3 Å². The first kappa shape index (κ1) is 18.8. The van der Waals surface area contributed by atoms with Gasteiger partial charge in [0.25, 0.3) is 0 Å². The normalized spacial score (nSPS) is 10.9. The summed E-state index contributed by atoms with van der Waals surface area (Å²) in [5.74, 6) is 0. The zero-order valence-electron chi connectivity index (χ0n) is 16.4. The standard InChI is InChI=1S/C25H28N2/c1-17-12-13-24(19(3)15-17)27(14-8-9-20(4)26)25-16-18(2)22-10-6-7-11-23(22)21(25)5/h6-7,10-13,15-16H,2,4-5,8-9,14,26H2,1,3H3. The van der Waals surface area contributed by atoms with Crippen molar-refractivity contribution < 1.29 is 0 Å². The molecule has 0 fully saturated rings. The maximum absolute atomic E-state index is 5.80. The molecule has 0 aliphatic rings. The van der Waals surface area contributed by atoms with Gasteiger partial charge in [0.2, 0.25) is 0 Å². The van der Waals surface area contributed by atoms with Crippen molar-refractivity contribution in [3.05, 3.63) is 82.4 Å². The lowest BCUT2D eigenvalue weighted by Crippen LogP contribution is -2.27. The van der Waals surface area contributed by atoms with Crippen LogP contribution < -0.4 is 21.1 Å². The summed E-state index contributed by atoms with van der Waals surface area (Å²) in [5.41, 5.74) is 11.3. The Labute approximate surface area is 161 Å². The molecule has 0 saturated carbocycles. The Morgan fingerprint density at radius 2 is 1.67 bits per heavy atom. The molecule has 0 bridgehead atoms. The topological polar surface area (TPSA) is 29.3 Å². The van der Waals surface area contributed by atoms with E-state index in [0.717, 1.165) is 52.0 Å². The van der Waals surface area contributed by atoms with Gasteiger partial charge in [0.05, 0.1) is 0 Å². The zero-order valence-corrected chi connectivity index (χ0v) is 16.4. The lowest BCUT2D eigenvalue weighted by molar-refractivity contribution is 0.794. The van der Waals surface area contributed by atoms with Crippen molar-refractivity contribution in [1.29, 1.82) is 0 Å². The number of hydrogen-bond acceptors (Lipinski definition) is 2. The van der Waals surface area contributed by atoms with Gasteiger partial charge in [0.1, 0.15) is 0 Å². The SMILES string of the molecule is C=C(N)CCCN(c1ccc(C)cc1C)c1cc(=C)c2ccccc2c1=C. The first-order valence-electron chi connectivity index (χ1n) is 9.36. The molecule has 0 radical (unpaired) electrons. The minimum Gasteiger partial charge on any atom is -0.403 e. The van der Waals surface area contributed by atoms with Crippen molar-refractivity contribution in [2.75, 3.05) is 11.4 Å². The summed E-state index contributed by atoms with van der Waals surface area (Å²) in [7, 11) is 0. The molecule has 27 heavy (non-hydrogen) atoms. The predicted molar refractivity (Wildman–Crippen MR) is 120 cm³/mol. The van der Waals surface area contributed by atoms with E-state index in [-0.39, 0.29) is 0 Å². The summed E-state index contributed by atoms with van der Waals surface area (Å²) in [6.45, 7) is 17.7. The zero-order chi connectivity index (χ0) is 19.6. The number of fused-ring (bicyclic) bond motifs is 1. The molecule has 0 atom stereocenters. The Morgan fingerprint density at radius 3 is 2.33 bits per heavy atom. The van der Waals surface area contributed by atoms with Gasteiger partial charge >= 0.3 is 0 Å². The van der Waals surface area contributed by atoms with Crippen molar-refractivity contribution in [2.24, 2.45) is 5.73 Å². The lowest BCUT2D eigenvalue weighted by atomic mass is 10.0. The van der Waals surface area contributed by atoms with Crippen LogP contribution in [0.5, 0.6) is 0 Å². The van der Waals surface area contributed by atoms with Gasteiger partial charge in [-0.1, -0.05) is 61.7 Å². The van der Waals surface area contributed by atoms with Gasteiger partial charge in [0.15, 0.2) is 0 Å². The average Bonchev–Trinajstić information content (AvgIpc) is 2.63. The fourth-order valence-corrected chi connectivity index (χ4v) is 3.68. The Hall–Kier alpha value is -3.00. The van der Waals surface area contributed by atoms with Crippen LogP contribution in [-0.4, -0.2) is 6.54 Å². The van der Waals surface area contributed by atoms with Gasteiger partial charge in [-0.05, 0) is 65.6 Å². The molecule has 0 amide bonds. The second-order valence-corrected chi connectivity index (χ2v) is 7.28. The number of nitrogens with two attached hydrogens (primary N) is 1. The molecule has 2 N–H and O–H groups in total. The molecule has 0 saturated heterocycles. The van der Waals surface area contributed by atoms with Crippen molar-refractivity contribution in [3.63, 3.8) is 0 Å². The van der Waals surface area contributed by atoms with E-state index in [1.807, 2.05) is 6.07 Å². The van der Waals surface area contributed by atoms with E-state index >= 15 is 0 Å². The Morgan fingerprint density at radius 1 is 0.963 bits per heavy atom. The molecule has 2 nitrogen and oxygen atoms in total. The summed E-state index contributed by atoms with van der Waals surface area (Å²) in [6.07, 6.45) is 1.74. The molecular weight excluding hydrogens is 328 g/mol. The average molecular weight is 357 g/mol. The van der Waals surface area contributed by atoms with Crippen LogP contribution >= 0.6 is 0 Å². The molecule has 0 heterocycles. The number of nitrogens with zero attached hydrogens (tertiary/aromatic N) is 1. The van der Waals surface area contributed by atoms with Gasteiger partial charge < -0.3 is 10.6 Å². The van der Waals surface area contributed by atoms with Crippen LogP contribution in [-0.2, 0) is 0 Å². The highest BCUT2D eigenvalue weighted by molar-refractivity contribution is 5.88. The van der Waals surface area contributed by atoms with Crippen LogP contribution in [0.4, 0.5) is 11.4 Å². The molecule has 0 spiro atoms. The third-order valence-corrected chi connectivity index (χ3v) is 5.03. The predicted octanol–water partition coefficient (Wildman–Crippen LogP) is 4.67. The lowest BCUT2D eigenvalue weighted by Gasteiger charge is -2.28. The van der Waals surface area contributed by atoms with E-state index in [1.165, 1.54) is 16.8 Å². The number of anilines is 2. The van der Waals surface area contributed by atoms with Gasteiger partial charge in [0, 0.05) is 23.6 Å². The van der Waals surface area contributed by atoms with Crippen LogP contribution in [0, 0.1) is 13.8 Å². The Kier molecular flexibility index (Phi) is 5.36. The molecule has 3 aromatic rings. The number of benzene rings is 3. The number of hydrogen-bond donors (Lipinski definition) is 1. The monoisotopic (exact) mass is 356 g/mol. The molecule has 3 aromatic carbocycles. The van der Waals surface area contributed by atoms with Gasteiger partial charge in [-0.15, -0.1) is 0 Å². The van der Waals surface area contributed by atoms with Gasteiger partial charge in [-0.3, -0.25) is 0 Å². The summed E-state index contributed by atoms with van der Waals surface area (Å²) in [6, 6.07) is 17.1. The maximum atomic E-state index is 5.80. The number of aryl methyl sites for hydroxylation is 2. The van der Waals surface area contributed by atoms with Crippen LogP contribution in [0.2, 0.25) is 0 Å². The fourth-order valence-electron chi connectivity index (χ4n) is 3.68. The Bertz CT molecular complexity index is 1100. The first-order valence-corrected chi connectivity index (χ1v) is 9.36. The van der Waals surface area contributed by atoms with Crippen LogP contribution in [0.25, 0.3) is 23.9 Å². The molecule has 0 unspecified atom stereocenters. The summed E-state index contributed by atoms with van der Waals surface area (Å²) < 4.78 is 0. The van der Waals surface area contributed by atoms with E-state index in [0.29, 0.717) is 0 Å². The van der Waals surface area contributed by atoms with E-state index in [1.54, 1.807) is 0 Å². The third-order valence-electron chi connectivity index (χ3n) is 5.03. The third kappa shape index (κ3) is 3.90. The highest BCUT2D eigenvalue weighted by Crippen LogP contribution is 2.28. The quantitative estimate of drug-likeness (QED) is 0.695. The first-order chi connectivity index (χ1) is 12.9. The second kappa shape index (κ2) is 7.71. The summed E-state index contributed by atoms with van der Waals surface area (Å²) in [5, 5.41) is 4.36. The summed E-state index contributed by atoms with van der Waals surface area (Å²) in [4.78, 5) is 2.35. The minimum atomic E-state index is 0.724. The smallest absolute Gasteiger partial charge is 0.0490 e. The van der Waals surface area contributed by atoms with Crippen molar-refractivity contribution in [2.45, 2.75) is 26.7 Å². The molecule has 0 aliphatic heterocycles. The molecule has 0 aromatic heterocycles. The minimum absolute atomic E-state index is 0.724. The second-order valence-electron chi connectivity index (χ2n) is 7.28. The largest absolute Gasteiger partial charge is 0.403 e. The molecule has 3 rings (SSSR count). The van der Waals surface area contributed by atoms with Gasteiger partial charge in [-0.25, -0.2) is 0 Å². The van der Waals surface area contributed by atoms with Crippen LogP contribution in [0.15, 0.2) is 60.8 Å². The number of allylic oxidation sites excluding steroid dienone is 1. The summed E-state index contributed by atoms with van der Waals surface area (Å²) >= 11 is 0. The van der Waals surface area contributed by atoms with Crippen molar-refractivity contribution in [1.82, 2.24) is 0 Å².